The number of nitrogens with one attached hydrogen (secondary N) is 2. The predicted octanol–water partition coefficient (Wildman–Crippen LogP) is 0.806. The van der Waals surface area contributed by atoms with Crippen molar-refractivity contribution in [3.8, 4) is 0 Å². The van der Waals surface area contributed by atoms with Gasteiger partial charge in [-0.1, -0.05) is 12.2 Å². The van der Waals surface area contributed by atoms with Gasteiger partial charge in [-0.3, -0.25) is 9.69 Å². The number of amides is 3. The van der Waals surface area contributed by atoms with Crippen LogP contribution in [0.1, 0.15) is 26.2 Å². The topological polar surface area (TPSA) is 64.7 Å². The molecule has 6 nitrogen and oxygen atoms in total. The van der Waals surface area contributed by atoms with Crippen molar-refractivity contribution in [3.05, 3.63) is 12.2 Å². The number of rotatable bonds is 5. The van der Waals surface area contributed by atoms with Crippen molar-refractivity contribution < 1.29 is 9.59 Å². The Morgan fingerprint density at radius 3 is 2.55 bits per heavy atom. The summed E-state index contributed by atoms with van der Waals surface area (Å²) >= 11 is 0. The fourth-order valence-corrected chi connectivity index (χ4v) is 2.95. The quantitative estimate of drug-likeness (QED) is 0.739. The van der Waals surface area contributed by atoms with Crippen LogP contribution in [0.5, 0.6) is 0 Å². The van der Waals surface area contributed by atoms with Crippen LogP contribution in [0.15, 0.2) is 12.2 Å². The number of hydrogen-bond donors (Lipinski definition) is 2. The molecule has 6 heteroatoms. The second kappa shape index (κ2) is 8.78. The van der Waals surface area contributed by atoms with E-state index in [-0.39, 0.29) is 11.9 Å². The number of allylic oxidation sites excluding steroid dienone is 2. The summed E-state index contributed by atoms with van der Waals surface area (Å²) < 4.78 is 0. The van der Waals surface area contributed by atoms with E-state index in [1.807, 2.05) is 11.8 Å². The second-order valence-corrected chi connectivity index (χ2v) is 6.05. The Morgan fingerprint density at radius 2 is 1.91 bits per heavy atom. The van der Waals surface area contributed by atoms with Crippen molar-refractivity contribution in [1.82, 2.24) is 20.4 Å². The highest BCUT2D eigenvalue weighted by molar-refractivity contribution is 5.78. The molecule has 2 rings (SSSR count). The number of urea groups is 1. The lowest BCUT2D eigenvalue weighted by atomic mass is 9.94. The zero-order valence-electron chi connectivity index (χ0n) is 13.5. The molecule has 1 aliphatic heterocycles. The van der Waals surface area contributed by atoms with Crippen molar-refractivity contribution in [2.24, 2.45) is 5.92 Å². The molecule has 22 heavy (non-hydrogen) atoms. The molecular weight excluding hydrogens is 280 g/mol. The average molecular weight is 308 g/mol. The van der Waals surface area contributed by atoms with Crippen molar-refractivity contribution in [2.75, 3.05) is 45.8 Å². The number of carbonyl (C=O) groups is 2. The summed E-state index contributed by atoms with van der Waals surface area (Å²) in [7, 11) is 0. The molecule has 0 bridgehead atoms. The van der Waals surface area contributed by atoms with Gasteiger partial charge in [-0.2, -0.15) is 0 Å². The van der Waals surface area contributed by atoms with Gasteiger partial charge < -0.3 is 15.5 Å². The Bertz CT molecular complexity index is 403. The fourth-order valence-electron chi connectivity index (χ4n) is 2.95. The van der Waals surface area contributed by atoms with E-state index in [0.717, 1.165) is 38.9 Å². The molecule has 3 amide bonds. The molecule has 2 N–H and O–H groups in total. The van der Waals surface area contributed by atoms with Crippen molar-refractivity contribution in [1.29, 1.82) is 0 Å². The summed E-state index contributed by atoms with van der Waals surface area (Å²) in [5.41, 5.74) is 0. The molecule has 1 aliphatic carbocycles. The molecule has 2 aliphatic rings. The van der Waals surface area contributed by atoms with Gasteiger partial charge in [0.05, 0.1) is 6.54 Å². The van der Waals surface area contributed by atoms with Crippen LogP contribution < -0.4 is 10.6 Å². The zero-order chi connectivity index (χ0) is 15.8. The maximum atomic E-state index is 12.2. The Labute approximate surface area is 132 Å². The zero-order valence-corrected chi connectivity index (χ0v) is 13.5. The van der Waals surface area contributed by atoms with Crippen LogP contribution in [0.4, 0.5) is 4.79 Å². The molecular formula is C16H28N4O2. The van der Waals surface area contributed by atoms with Gasteiger partial charge in [0.25, 0.3) is 0 Å². The second-order valence-electron chi connectivity index (χ2n) is 6.05. The van der Waals surface area contributed by atoms with E-state index < -0.39 is 0 Å². The predicted molar refractivity (Wildman–Crippen MR) is 86.6 cm³/mol. The number of hydrogen-bond acceptors (Lipinski definition) is 3. The van der Waals surface area contributed by atoms with Gasteiger partial charge in [0.2, 0.25) is 5.91 Å². The Balaban J connectivity index is 1.64. The van der Waals surface area contributed by atoms with Crippen LogP contribution in [0.3, 0.4) is 0 Å². The Kier molecular flexibility index (Phi) is 6.71. The van der Waals surface area contributed by atoms with Gasteiger partial charge in [0.1, 0.15) is 0 Å². The molecule has 0 saturated carbocycles. The summed E-state index contributed by atoms with van der Waals surface area (Å²) in [6.07, 6.45) is 7.78. The minimum Gasteiger partial charge on any atom is -0.355 e. The smallest absolute Gasteiger partial charge is 0.317 e. The minimum absolute atomic E-state index is 0.0345. The van der Waals surface area contributed by atoms with E-state index in [9.17, 15) is 9.59 Å². The van der Waals surface area contributed by atoms with Crippen LogP contribution in [-0.2, 0) is 4.79 Å². The summed E-state index contributed by atoms with van der Waals surface area (Å²) in [5.74, 6) is 0.638. The molecule has 124 valence electrons. The molecule has 0 spiro atoms. The summed E-state index contributed by atoms with van der Waals surface area (Å²) in [6.45, 7) is 6.68. The van der Waals surface area contributed by atoms with E-state index in [1.165, 1.54) is 0 Å². The third kappa shape index (κ3) is 5.33. The lowest BCUT2D eigenvalue weighted by Crippen LogP contribution is -2.53. The molecule has 1 unspecified atom stereocenters. The average Bonchev–Trinajstić information content (AvgIpc) is 2.54. The van der Waals surface area contributed by atoms with Gasteiger partial charge in [-0.25, -0.2) is 4.79 Å². The van der Waals surface area contributed by atoms with Crippen LogP contribution >= 0.6 is 0 Å². The monoisotopic (exact) mass is 308 g/mol. The maximum Gasteiger partial charge on any atom is 0.317 e. The van der Waals surface area contributed by atoms with E-state index in [0.29, 0.717) is 32.1 Å². The molecule has 0 aromatic heterocycles. The lowest BCUT2D eigenvalue weighted by Gasteiger charge is -2.34. The van der Waals surface area contributed by atoms with Gasteiger partial charge in [-0.15, -0.1) is 0 Å². The van der Waals surface area contributed by atoms with Gasteiger partial charge >= 0.3 is 6.03 Å². The SMILES string of the molecule is CCNC(=O)CN1CCN(C(=O)NCC2CC=CCC2)CC1. The number of piperazine rings is 1. The lowest BCUT2D eigenvalue weighted by molar-refractivity contribution is -0.122. The van der Waals surface area contributed by atoms with Crippen LogP contribution in [-0.4, -0.2) is 67.6 Å². The van der Waals surface area contributed by atoms with Gasteiger partial charge in [0.15, 0.2) is 0 Å². The van der Waals surface area contributed by atoms with Crippen LogP contribution in [0, 0.1) is 5.92 Å². The Hall–Kier alpha value is -1.56. The van der Waals surface area contributed by atoms with Crippen molar-refractivity contribution in [3.63, 3.8) is 0 Å². The van der Waals surface area contributed by atoms with Crippen LogP contribution in [0.2, 0.25) is 0 Å². The first kappa shape index (κ1) is 16.8. The third-order valence-corrected chi connectivity index (χ3v) is 4.32. The van der Waals surface area contributed by atoms with Crippen molar-refractivity contribution in [2.45, 2.75) is 26.2 Å². The molecule has 0 radical (unpaired) electrons. The van der Waals surface area contributed by atoms with Crippen LogP contribution in [0.25, 0.3) is 0 Å². The Morgan fingerprint density at radius 1 is 1.14 bits per heavy atom. The number of carbonyl (C=O) groups excluding carboxylic acids is 2. The van der Waals surface area contributed by atoms with Gasteiger partial charge in [-0.05, 0) is 32.1 Å². The minimum atomic E-state index is 0.0345. The molecule has 1 saturated heterocycles. The highest BCUT2D eigenvalue weighted by Gasteiger charge is 2.22. The summed E-state index contributed by atoms with van der Waals surface area (Å²) in [5, 5.41) is 5.86. The molecule has 1 heterocycles. The maximum absolute atomic E-state index is 12.2. The first-order chi connectivity index (χ1) is 10.7. The van der Waals surface area contributed by atoms with Gasteiger partial charge in [0, 0.05) is 39.3 Å². The molecule has 1 atom stereocenters. The van der Waals surface area contributed by atoms with Crippen molar-refractivity contribution >= 4 is 11.9 Å². The number of nitrogens with zero attached hydrogens (tertiary/aromatic N) is 2. The largest absolute Gasteiger partial charge is 0.355 e. The standard InChI is InChI=1S/C16H28N4O2/c1-2-17-15(21)13-19-8-10-20(11-9-19)16(22)18-12-14-6-4-3-5-7-14/h3-4,14H,2,5-13H2,1H3,(H,17,21)(H,18,22). The highest BCUT2D eigenvalue weighted by Crippen LogP contribution is 2.17. The molecule has 1 fully saturated rings. The number of likely N-dealkylation sites (N-methyl/N-ethyl adjacent to an activating group) is 1. The summed E-state index contributed by atoms with van der Waals surface area (Å²) in [4.78, 5) is 27.7. The molecule has 0 aromatic rings. The van der Waals surface area contributed by atoms with E-state index >= 15 is 0 Å². The fraction of sp³-hybridized carbons (Fsp3) is 0.750. The van der Waals surface area contributed by atoms with E-state index in [4.69, 9.17) is 0 Å². The molecule has 0 aromatic carbocycles. The summed E-state index contributed by atoms with van der Waals surface area (Å²) in [6, 6.07) is 0.0345. The highest BCUT2D eigenvalue weighted by atomic mass is 16.2. The van der Waals surface area contributed by atoms with E-state index in [2.05, 4.69) is 27.7 Å². The normalized spacial score (nSPS) is 22.4. The van der Waals surface area contributed by atoms with E-state index in [1.54, 1.807) is 0 Å². The first-order valence-corrected chi connectivity index (χ1v) is 8.36. The first-order valence-electron chi connectivity index (χ1n) is 8.36. The third-order valence-electron chi connectivity index (χ3n) is 4.32.